The predicted molar refractivity (Wildman–Crippen MR) is 71.5 cm³/mol. The second-order valence-electron chi connectivity index (χ2n) is 5.31. The Hall–Kier alpha value is -1.42. The molecule has 0 radical (unpaired) electrons. The molecule has 1 saturated carbocycles. The van der Waals surface area contributed by atoms with Crippen LogP contribution in [-0.2, 0) is 6.54 Å². The highest BCUT2D eigenvalue weighted by molar-refractivity contribution is 5.44. The molecule has 1 fully saturated rings. The second-order valence-corrected chi connectivity index (χ2v) is 5.31. The Morgan fingerprint density at radius 2 is 2.22 bits per heavy atom. The molecule has 18 heavy (non-hydrogen) atoms. The lowest BCUT2D eigenvalue weighted by molar-refractivity contribution is -0.385. The SMILES string of the molecule is Cc1c(CNC2CCC(C)C2)cccc1[N+](=O)[O-]. The molecule has 0 bridgehead atoms. The van der Waals surface area contributed by atoms with Gasteiger partial charge in [0, 0.05) is 24.2 Å². The van der Waals surface area contributed by atoms with E-state index in [2.05, 4.69) is 12.2 Å². The molecule has 98 valence electrons. The Morgan fingerprint density at radius 1 is 1.44 bits per heavy atom. The monoisotopic (exact) mass is 248 g/mol. The van der Waals surface area contributed by atoms with Gasteiger partial charge in [-0.05, 0) is 37.7 Å². The van der Waals surface area contributed by atoms with Crippen molar-refractivity contribution in [3.05, 3.63) is 39.4 Å². The number of hydrogen-bond donors (Lipinski definition) is 1. The molecular weight excluding hydrogens is 228 g/mol. The summed E-state index contributed by atoms with van der Waals surface area (Å²) in [4.78, 5) is 10.6. The van der Waals surface area contributed by atoms with E-state index >= 15 is 0 Å². The molecule has 4 nitrogen and oxygen atoms in total. The van der Waals surface area contributed by atoms with Gasteiger partial charge in [-0.15, -0.1) is 0 Å². The Morgan fingerprint density at radius 3 is 2.83 bits per heavy atom. The lowest BCUT2D eigenvalue weighted by atomic mass is 10.1. The van der Waals surface area contributed by atoms with Gasteiger partial charge in [0.2, 0.25) is 0 Å². The van der Waals surface area contributed by atoms with Crippen molar-refractivity contribution in [2.45, 2.75) is 45.7 Å². The van der Waals surface area contributed by atoms with E-state index in [1.165, 1.54) is 19.3 Å². The number of nitrogens with zero attached hydrogens (tertiary/aromatic N) is 1. The number of nitrogens with one attached hydrogen (secondary N) is 1. The average Bonchev–Trinajstić information content (AvgIpc) is 2.73. The minimum absolute atomic E-state index is 0.217. The first kappa shape index (κ1) is 13.0. The van der Waals surface area contributed by atoms with E-state index in [1.54, 1.807) is 12.1 Å². The van der Waals surface area contributed by atoms with Gasteiger partial charge in [-0.3, -0.25) is 10.1 Å². The van der Waals surface area contributed by atoms with E-state index in [0.717, 1.165) is 23.6 Å². The smallest absolute Gasteiger partial charge is 0.272 e. The quantitative estimate of drug-likeness (QED) is 0.657. The molecule has 0 heterocycles. The van der Waals surface area contributed by atoms with Gasteiger partial charge in [0.05, 0.1) is 4.92 Å². The summed E-state index contributed by atoms with van der Waals surface area (Å²) < 4.78 is 0. The molecule has 1 aliphatic carbocycles. The molecule has 0 aromatic heterocycles. The van der Waals surface area contributed by atoms with Gasteiger partial charge < -0.3 is 5.32 Å². The summed E-state index contributed by atoms with van der Waals surface area (Å²) in [6.07, 6.45) is 3.72. The van der Waals surface area contributed by atoms with Crippen LogP contribution in [0.5, 0.6) is 0 Å². The Balaban J connectivity index is 2.01. The van der Waals surface area contributed by atoms with Crippen molar-refractivity contribution in [3.8, 4) is 0 Å². The fourth-order valence-corrected chi connectivity index (χ4v) is 2.71. The van der Waals surface area contributed by atoms with Crippen LogP contribution in [0.1, 0.15) is 37.3 Å². The third-order valence-electron chi connectivity index (χ3n) is 3.89. The average molecular weight is 248 g/mol. The third kappa shape index (κ3) is 2.88. The molecule has 2 unspecified atom stereocenters. The Bertz CT molecular complexity index is 445. The van der Waals surface area contributed by atoms with Gasteiger partial charge in [0.1, 0.15) is 0 Å². The minimum Gasteiger partial charge on any atom is -0.310 e. The third-order valence-corrected chi connectivity index (χ3v) is 3.89. The number of nitro benzene ring substituents is 1. The number of nitro groups is 1. The summed E-state index contributed by atoms with van der Waals surface area (Å²) in [7, 11) is 0. The first-order valence-electron chi connectivity index (χ1n) is 6.54. The topological polar surface area (TPSA) is 55.2 Å². The summed E-state index contributed by atoms with van der Waals surface area (Å²) >= 11 is 0. The molecule has 0 saturated heterocycles. The first-order chi connectivity index (χ1) is 8.58. The zero-order valence-corrected chi connectivity index (χ0v) is 11.0. The molecule has 0 aliphatic heterocycles. The Kier molecular flexibility index (Phi) is 3.97. The van der Waals surface area contributed by atoms with Crippen molar-refractivity contribution >= 4 is 5.69 Å². The van der Waals surface area contributed by atoms with Crippen molar-refractivity contribution in [1.29, 1.82) is 0 Å². The molecule has 2 rings (SSSR count). The van der Waals surface area contributed by atoms with Crippen LogP contribution in [0.15, 0.2) is 18.2 Å². The van der Waals surface area contributed by atoms with Crippen LogP contribution in [0.3, 0.4) is 0 Å². The number of benzene rings is 1. The van der Waals surface area contributed by atoms with Crippen molar-refractivity contribution in [1.82, 2.24) is 5.32 Å². The van der Waals surface area contributed by atoms with E-state index in [4.69, 9.17) is 0 Å². The molecular formula is C14H20N2O2. The molecule has 1 aromatic rings. The number of rotatable bonds is 4. The fraction of sp³-hybridized carbons (Fsp3) is 0.571. The zero-order chi connectivity index (χ0) is 13.1. The van der Waals surface area contributed by atoms with Crippen molar-refractivity contribution < 1.29 is 4.92 Å². The molecule has 4 heteroatoms. The van der Waals surface area contributed by atoms with Gasteiger partial charge in [0.15, 0.2) is 0 Å². The van der Waals surface area contributed by atoms with E-state index < -0.39 is 0 Å². The molecule has 0 spiro atoms. The molecule has 1 N–H and O–H groups in total. The van der Waals surface area contributed by atoms with Crippen LogP contribution >= 0.6 is 0 Å². The summed E-state index contributed by atoms with van der Waals surface area (Å²) in [5.41, 5.74) is 2.03. The Labute approximate surface area is 108 Å². The van der Waals surface area contributed by atoms with Crippen molar-refractivity contribution in [2.24, 2.45) is 5.92 Å². The summed E-state index contributed by atoms with van der Waals surface area (Å²) in [5.74, 6) is 0.800. The van der Waals surface area contributed by atoms with Crippen LogP contribution < -0.4 is 5.32 Å². The standard InChI is InChI=1S/C14H20N2O2/c1-10-6-7-13(8-10)15-9-12-4-3-5-14(11(12)2)16(17)18/h3-5,10,13,15H,6-9H2,1-2H3. The highest BCUT2D eigenvalue weighted by Gasteiger charge is 2.21. The van der Waals surface area contributed by atoms with Gasteiger partial charge in [0.25, 0.3) is 5.69 Å². The summed E-state index contributed by atoms with van der Waals surface area (Å²) in [5, 5.41) is 14.4. The molecule has 0 amide bonds. The molecule has 1 aliphatic rings. The van der Waals surface area contributed by atoms with E-state index in [-0.39, 0.29) is 10.6 Å². The molecule has 1 aromatic carbocycles. The van der Waals surface area contributed by atoms with Crippen LogP contribution in [0.2, 0.25) is 0 Å². The summed E-state index contributed by atoms with van der Waals surface area (Å²) in [6.45, 7) is 4.83. The van der Waals surface area contributed by atoms with Crippen molar-refractivity contribution in [2.75, 3.05) is 0 Å². The van der Waals surface area contributed by atoms with Gasteiger partial charge in [-0.2, -0.15) is 0 Å². The molecule has 2 atom stereocenters. The highest BCUT2D eigenvalue weighted by atomic mass is 16.6. The van der Waals surface area contributed by atoms with E-state index in [1.807, 2.05) is 13.0 Å². The van der Waals surface area contributed by atoms with Gasteiger partial charge in [-0.1, -0.05) is 19.1 Å². The van der Waals surface area contributed by atoms with Gasteiger partial charge in [-0.25, -0.2) is 0 Å². The maximum atomic E-state index is 10.9. The fourth-order valence-electron chi connectivity index (χ4n) is 2.71. The van der Waals surface area contributed by atoms with Crippen molar-refractivity contribution in [3.63, 3.8) is 0 Å². The van der Waals surface area contributed by atoms with Crippen LogP contribution in [0.25, 0.3) is 0 Å². The first-order valence-corrected chi connectivity index (χ1v) is 6.54. The van der Waals surface area contributed by atoms with Crippen LogP contribution in [-0.4, -0.2) is 11.0 Å². The lowest BCUT2D eigenvalue weighted by Gasteiger charge is -2.13. The van der Waals surface area contributed by atoms with Gasteiger partial charge >= 0.3 is 0 Å². The maximum Gasteiger partial charge on any atom is 0.272 e. The van der Waals surface area contributed by atoms with Crippen LogP contribution in [0, 0.1) is 23.0 Å². The van der Waals surface area contributed by atoms with E-state index in [0.29, 0.717) is 6.04 Å². The maximum absolute atomic E-state index is 10.9. The predicted octanol–water partition coefficient (Wildman–Crippen LogP) is 3.18. The highest BCUT2D eigenvalue weighted by Crippen LogP contribution is 2.26. The lowest BCUT2D eigenvalue weighted by Crippen LogP contribution is -2.26. The second kappa shape index (κ2) is 5.48. The largest absolute Gasteiger partial charge is 0.310 e. The van der Waals surface area contributed by atoms with E-state index in [9.17, 15) is 10.1 Å². The number of hydrogen-bond acceptors (Lipinski definition) is 3. The van der Waals surface area contributed by atoms with Crippen LogP contribution in [0.4, 0.5) is 5.69 Å². The minimum atomic E-state index is -0.309. The zero-order valence-electron chi connectivity index (χ0n) is 11.0. The normalized spacial score (nSPS) is 23.2. The summed E-state index contributed by atoms with van der Waals surface area (Å²) in [6, 6.07) is 5.86.